The van der Waals surface area contributed by atoms with Gasteiger partial charge in [0.15, 0.2) is 0 Å². The average Bonchev–Trinajstić information content (AvgIpc) is 3.64. The van der Waals surface area contributed by atoms with Gasteiger partial charge in [-0.05, 0) is 100.0 Å². The fourth-order valence-corrected chi connectivity index (χ4v) is 11.6. The third-order valence-corrected chi connectivity index (χ3v) is 13.2. The summed E-state index contributed by atoms with van der Waals surface area (Å²) in [7, 11) is 0. The summed E-state index contributed by atoms with van der Waals surface area (Å²) in [5.74, 6) is 1.10. The van der Waals surface area contributed by atoms with E-state index in [1.165, 1.54) is 25.5 Å². The lowest BCUT2D eigenvalue weighted by atomic mass is 9.41. The predicted molar refractivity (Wildman–Crippen MR) is 153 cm³/mol. The van der Waals surface area contributed by atoms with Crippen LogP contribution in [0, 0.1) is 51.8 Å². The Morgan fingerprint density at radius 3 is 2.64 bits per heavy atom. The first kappa shape index (κ1) is 27.9. The van der Waals surface area contributed by atoms with Gasteiger partial charge < -0.3 is 19.5 Å². The molecule has 4 bridgehead atoms. The molecule has 1 N–H and O–H groups in total. The molecule has 2 heterocycles. The minimum absolute atomic E-state index is 0.0756. The zero-order chi connectivity index (χ0) is 27.6. The number of carboxylic acids is 1. The van der Waals surface area contributed by atoms with Crippen LogP contribution in [0.1, 0.15) is 105 Å². The highest BCUT2D eigenvalue weighted by atomic mass is 16.5. The van der Waals surface area contributed by atoms with E-state index in [2.05, 4.69) is 38.7 Å². The number of ether oxygens (including phenoxy) is 1. The van der Waals surface area contributed by atoms with E-state index < -0.39 is 22.2 Å². The van der Waals surface area contributed by atoms with Crippen LogP contribution in [-0.4, -0.2) is 54.1 Å². The summed E-state index contributed by atoms with van der Waals surface area (Å²) < 4.78 is 7.27. The number of nitrogens with zero attached hydrogens (tertiary/aromatic N) is 1. The molecule has 4 aliphatic carbocycles. The number of allylic oxidation sites excluding steroid dienone is 1. The number of carbonyl (C=O) groups excluding carboxylic acids is 1. The molecule has 8 unspecified atom stereocenters. The summed E-state index contributed by atoms with van der Waals surface area (Å²) >= 11 is 0. The average molecular weight is 540 g/mol. The van der Waals surface area contributed by atoms with Crippen LogP contribution in [0.4, 0.5) is 0 Å². The highest BCUT2D eigenvalue weighted by molar-refractivity contribution is 5.90. The van der Waals surface area contributed by atoms with Crippen LogP contribution in [0.25, 0.3) is 0 Å². The molecule has 2 saturated heterocycles. The van der Waals surface area contributed by atoms with Crippen molar-refractivity contribution < 1.29 is 19.4 Å². The van der Waals surface area contributed by atoms with Crippen molar-refractivity contribution in [2.45, 2.75) is 117 Å². The number of aliphatic carboxylic acids is 1. The fraction of sp³-hybridized carbons (Fsp3) is 0.882. The van der Waals surface area contributed by atoms with Gasteiger partial charge in [0.1, 0.15) is 11.7 Å². The second-order valence-electron chi connectivity index (χ2n) is 14.7. The molecular weight excluding hydrogens is 486 g/mol. The normalized spacial score (nSPS) is 47.7. The highest BCUT2D eigenvalue weighted by Crippen LogP contribution is 2.84. The maximum atomic E-state index is 14.1. The molecule has 2 aliphatic heterocycles. The van der Waals surface area contributed by atoms with Gasteiger partial charge in [-0.15, -0.1) is 0 Å². The highest BCUT2D eigenvalue weighted by Gasteiger charge is 2.86. The number of carbonyl (C=O) groups is 2. The quantitative estimate of drug-likeness (QED) is 0.246. The topological polar surface area (TPSA) is 66.8 Å². The molecule has 5 heteroatoms. The van der Waals surface area contributed by atoms with Crippen molar-refractivity contribution in [1.29, 1.82) is 0 Å². The monoisotopic (exact) mass is 539 g/mol. The van der Waals surface area contributed by atoms with Gasteiger partial charge in [0, 0.05) is 12.0 Å². The lowest BCUT2D eigenvalue weighted by Crippen LogP contribution is -2.66. The van der Waals surface area contributed by atoms with E-state index in [1.54, 1.807) is 0 Å². The molecule has 11 atom stereocenters. The molecule has 39 heavy (non-hydrogen) atoms. The third-order valence-electron chi connectivity index (χ3n) is 13.2. The Balaban J connectivity index is 1.48. The van der Waals surface area contributed by atoms with Crippen LogP contribution in [0.5, 0.6) is 0 Å². The minimum atomic E-state index is -1.12. The van der Waals surface area contributed by atoms with Crippen LogP contribution >= 0.6 is 0 Å². The van der Waals surface area contributed by atoms with Gasteiger partial charge in [-0.3, -0.25) is 4.79 Å². The summed E-state index contributed by atoms with van der Waals surface area (Å²) in [6.45, 7) is 12.3. The largest absolute Gasteiger partial charge is 0.481 e. The second kappa shape index (κ2) is 10.3. The smallest absolute Gasteiger partial charge is 0.315 e. The number of piperidine rings is 1. The van der Waals surface area contributed by atoms with E-state index >= 15 is 0 Å². The predicted octanol–water partition coefficient (Wildman–Crippen LogP) is 6.75. The van der Waals surface area contributed by atoms with Gasteiger partial charge >= 0.3 is 5.97 Å². The number of likely N-dealkylation sites (tertiary alicyclic amines) is 1. The zero-order valence-corrected chi connectivity index (χ0v) is 25.0. The summed E-state index contributed by atoms with van der Waals surface area (Å²) in [6, 6.07) is 0. The Bertz CT molecular complexity index is 988. The van der Waals surface area contributed by atoms with Crippen molar-refractivity contribution >= 4 is 12.3 Å². The molecule has 6 aliphatic rings. The Morgan fingerprint density at radius 1 is 1.21 bits per heavy atom. The van der Waals surface area contributed by atoms with Crippen LogP contribution in [-0.2, 0) is 14.3 Å². The first-order chi connectivity index (χ1) is 18.8. The van der Waals surface area contributed by atoms with E-state index in [-0.39, 0.29) is 30.0 Å². The van der Waals surface area contributed by atoms with E-state index in [0.29, 0.717) is 24.2 Å². The number of unbranched alkanes of at least 4 members (excludes halogenated alkanes) is 1. The van der Waals surface area contributed by atoms with Crippen molar-refractivity contribution in [2.24, 2.45) is 51.8 Å². The third kappa shape index (κ3) is 3.63. The number of carboxylic acid groups (broad SMARTS) is 1. The summed E-state index contributed by atoms with van der Waals surface area (Å²) in [5.41, 5.74) is -1.35. The van der Waals surface area contributed by atoms with Crippen molar-refractivity contribution in [3.05, 3.63) is 11.6 Å². The lowest BCUT2D eigenvalue weighted by molar-refractivity contribution is -0.201. The van der Waals surface area contributed by atoms with Gasteiger partial charge in [-0.2, -0.15) is 0 Å². The molecule has 0 aromatic carbocycles. The van der Waals surface area contributed by atoms with Gasteiger partial charge in [-0.1, -0.05) is 65.0 Å². The van der Waals surface area contributed by atoms with Gasteiger partial charge in [0.25, 0.3) is 0 Å². The van der Waals surface area contributed by atoms with Gasteiger partial charge in [0.2, 0.25) is 0 Å². The number of fused-ring (bicyclic) bond motifs is 2. The molecular formula is C34H53NO4. The Labute approximate surface area is 236 Å². The molecule has 0 radical (unpaired) electrons. The molecule has 6 rings (SSSR count). The van der Waals surface area contributed by atoms with Crippen molar-refractivity contribution in [3.8, 4) is 0 Å². The standard InChI is InChI=1S/C34H53NO4/c1-5-7-11-24-16-26(20-35-14-9-8-10-15-35)39-30(24)33-19-27-23(4)12-13-28(27)32(21-36)18-25(33)17-29(22(3)6-2)34(32,33)31(37)38/h17,21-28,30H,5-16,18-20H2,1-4H3,(H,37,38)/t22?,23-,24?,25?,26?,27-,28-,30?,32?,33?,34?/m1/s1. The van der Waals surface area contributed by atoms with E-state index in [4.69, 9.17) is 4.74 Å². The summed E-state index contributed by atoms with van der Waals surface area (Å²) in [5, 5.41) is 11.5. The summed E-state index contributed by atoms with van der Waals surface area (Å²) in [6.07, 6.45) is 16.7. The van der Waals surface area contributed by atoms with Gasteiger partial charge in [-0.25, -0.2) is 0 Å². The van der Waals surface area contributed by atoms with Crippen LogP contribution in [0.15, 0.2) is 11.6 Å². The Morgan fingerprint density at radius 2 is 1.97 bits per heavy atom. The Kier molecular flexibility index (Phi) is 7.35. The lowest BCUT2D eigenvalue weighted by Gasteiger charge is -2.60. The molecule has 0 amide bonds. The molecule has 5 nitrogen and oxygen atoms in total. The molecule has 3 saturated carbocycles. The molecule has 0 aromatic rings. The molecule has 218 valence electrons. The molecule has 0 aromatic heterocycles. The second-order valence-corrected chi connectivity index (χ2v) is 14.7. The maximum Gasteiger partial charge on any atom is 0.315 e. The van der Waals surface area contributed by atoms with E-state index in [0.717, 1.165) is 76.6 Å². The Hall–Kier alpha value is -1.20. The van der Waals surface area contributed by atoms with Gasteiger partial charge in [0.05, 0.1) is 17.6 Å². The fourth-order valence-electron chi connectivity index (χ4n) is 11.6. The van der Waals surface area contributed by atoms with Crippen molar-refractivity contribution in [1.82, 2.24) is 4.90 Å². The van der Waals surface area contributed by atoms with Crippen molar-refractivity contribution in [2.75, 3.05) is 19.6 Å². The molecule has 0 spiro atoms. The van der Waals surface area contributed by atoms with E-state index in [9.17, 15) is 14.7 Å². The zero-order valence-electron chi connectivity index (χ0n) is 25.0. The number of rotatable bonds is 10. The van der Waals surface area contributed by atoms with Crippen LogP contribution in [0.2, 0.25) is 0 Å². The minimum Gasteiger partial charge on any atom is -0.481 e. The maximum absolute atomic E-state index is 14.1. The van der Waals surface area contributed by atoms with Crippen LogP contribution in [0.3, 0.4) is 0 Å². The van der Waals surface area contributed by atoms with E-state index in [1.807, 2.05) is 0 Å². The first-order valence-corrected chi connectivity index (χ1v) is 16.6. The number of hydrogen-bond donors (Lipinski definition) is 1. The summed E-state index contributed by atoms with van der Waals surface area (Å²) in [4.78, 5) is 30.2. The number of hydrogen-bond acceptors (Lipinski definition) is 4. The van der Waals surface area contributed by atoms with Crippen LogP contribution < -0.4 is 0 Å². The van der Waals surface area contributed by atoms with Crippen molar-refractivity contribution in [3.63, 3.8) is 0 Å². The molecule has 5 fully saturated rings. The SMILES string of the molecule is CCCCC1CC(CN2CCCCC2)OC1C12C[C@@H]3[C@H](C)CC[C@H]3C3(C=O)CC1C=C(C(C)CC)C23C(=O)O. The number of aldehydes is 1. The first-order valence-electron chi connectivity index (χ1n) is 16.6.